The maximum atomic E-state index is 12.4. The number of methoxy groups -OCH3 is 1. The van der Waals surface area contributed by atoms with E-state index in [9.17, 15) is 4.79 Å². The van der Waals surface area contributed by atoms with Crippen molar-refractivity contribution in [1.82, 2.24) is 15.1 Å². The first-order valence-corrected chi connectivity index (χ1v) is 7.05. The lowest BCUT2D eigenvalue weighted by molar-refractivity contribution is -0.139. The van der Waals surface area contributed by atoms with Gasteiger partial charge in [-0.15, -0.1) is 0 Å². The van der Waals surface area contributed by atoms with Gasteiger partial charge in [0.1, 0.15) is 6.04 Å². The molecule has 0 aliphatic carbocycles. The van der Waals surface area contributed by atoms with Crippen LogP contribution in [0, 0.1) is 0 Å². The Morgan fingerprint density at radius 3 is 2.95 bits per heavy atom. The quantitative estimate of drug-likeness (QED) is 0.722. The first-order valence-electron chi connectivity index (χ1n) is 7.05. The minimum atomic E-state index is -0.161. The van der Waals surface area contributed by atoms with Crippen molar-refractivity contribution in [2.75, 3.05) is 59.7 Å². The van der Waals surface area contributed by atoms with Crippen LogP contribution in [0.15, 0.2) is 0 Å². The largest absolute Gasteiger partial charge is 0.383 e. The zero-order chi connectivity index (χ0) is 13.7. The molecule has 2 atom stereocenters. The number of carbonyl (C=O) groups excluding carboxylic acids is 1. The van der Waals surface area contributed by atoms with Crippen molar-refractivity contribution in [3.05, 3.63) is 0 Å². The maximum Gasteiger partial charge on any atom is 0.242 e. The Morgan fingerprint density at radius 2 is 2.32 bits per heavy atom. The lowest BCUT2D eigenvalue weighted by Gasteiger charge is -2.41. The number of rotatable bonds is 4. The van der Waals surface area contributed by atoms with Gasteiger partial charge < -0.3 is 19.7 Å². The SMILES string of the molecule is COCCN1CCN(C(=O)C2COCCN2)CC1C. The normalized spacial score (nSPS) is 29.5. The van der Waals surface area contributed by atoms with E-state index >= 15 is 0 Å². The van der Waals surface area contributed by atoms with Crippen molar-refractivity contribution in [3.63, 3.8) is 0 Å². The molecule has 2 fully saturated rings. The second-order valence-corrected chi connectivity index (χ2v) is 5.24. The number of hydrogen-bond donors (Lipinski definition) is 1. The van der Waals surface area contributed by atoms with Crippen LogP contribution in [-0.4, -0.2) is 87.4 Å². The lowest BCUT2D eigenvalue weighted by atomic mass is 10.1. The zero-order valence-corrected chi connectivity index (χ0v) is 11.9. The minimum absolute atomic E-state index is 0.161. The molecule has 2 aliphatic rings. The third kappa shape index (κ3) is 3.89. The molecule has 0 aromatic rings. The average molecular weight is 271 g/mol. The molecule has 0 aromatic heterocycles. The van der Waals surface area contributed by atoms with Gasteiger partial charge in [0.05, 0.1) is 19.8 Å². The molecule has 1 N–H and O–H groups in total. The van der Waals surface area contributed by atoms with Crippen LogP contribution in [-0.2, 0) is 14.3 Å². The highest BCUT2D eigenvalue weighted by atomic mass is 16.5. The molecule has 0 aromatic carbocycles. The first kappa shape index (κ1) is 14.7. The van der Waals surface area contributed by atoms with Crippen LogP contribution in [0.25, 0.3) is 0 Å². The topological polar surface area (TPSA) is 54.0 Å². The smallest absolute Gasteiger partial charge is 0.242 e. The third-order valence-corrected chi connectivity index (χ3v) is 3.88. The fraction of sp³-hybridized carbons (Fsp3) is 0.923. The van der Waals surface area contributed by atoms with Gasteiger partial charge in [0, 0.05) is 45.9 Å². The van der Waals surface area contributed by atoms with Crippen LogP contribution >= 0.6 is 0 Å². The van der Waals surface area contributed by atoms with Crippen LogP contribution < -0.4 is 5.32 Å². The van der Waals surface area contributed by atoms with E-state index in [0.717, 1.165) is 39.3 Å². The van der Waals surface area contributed by atoms with E-state index in [4.69, 9.17) is 9.47 Å². The second-order valence-electron chi connectivity index (χ2n) is 5.24. The number of ether oxygens (including phenoxy) is 2. The van der Waals surface area contributed by atoms with Gasteiger partial charge in [0.25, 0.3) is 0 Å². The predicted molar refractivity (Wildman–Crippen MR) is 72.1 cm³/mol. The Kier molecular flexibility index (Phi) is 5.57. The summed E-state index contributed by atoms with van der Waals surface area (Å²) in [6.45, 7) is 8.32. The van der Waals surface area contributed by atoms with E-state index in [-0.39, 0.29) is 11.9 Å². The van der Waals surface area contributed by atoms with Crippen molar-refractivity contribution in [1.29, 1.82) is 0 Å². The van der Waals surface area contributed by atoms with Crippen molar-refractivity contribution >= 4 is 5.91 Å². The van der Waals surface area contributed by atoms with Gasteiger partial charge in [-0.3, -0.25) is 9.69 Å². The summed E-state index contributed by atoms with van der Waals surface area (Å²) in [5.74, 6) is 0.179. The number of nitrogens with one attached hydrogen (secondary N) is 1. The summed E-state index contributed by atoms with van der Waals surface area (Å²) < 4.78 is 10.5. The molecule has 2 aliphatic heterocycles. The minimum Gasteiger partial charge on any atom is -0.383 e. The van der Waals surface area contributed by atoms with Crippen LogP contribution in [0.5, 0.6) is 0 Å². The molecule has 2 heterocycles. The number of piperazine rings is 1. The molecule has 2 unspecified atom stereocenters. The molecule has 110 valence electrons. The Morgan fingerprint density at radius 1 is 1.47 bits per heavy atom. The fourth-order valence-corrected chi connectivity index (χ4v) is 2.68. The summed E-state index contributed by atoms with van der Waals surface area (Å²) in [5, 5.41) is 3.23. The Hall–Kier alpha value is -0.690. The first-order chi connectivity index (χ1) is 9.22. The lowest BCUT2D eigenvalue weighted by Crippen LogP contribution is -2.59. The summed E-state index contributed by atoms with van der Waals surface area (Å²) >= 11 is 0. The molecule has 6 nitrogen and oxygen atoms in total. The Bertz CT molecular complexity index is 295. The maximum absolute atomic E-state index is 12.4. The number of nitrogens with zero attached hydrogens (tertiary/aromatic N) is 2. The Labute approximate surface area is 115 Å². The van der Waals surface area contributed by atoms with Crippen molar-refractivity contribution in [2.24, 2.45) is 0 Å². The fourth-order valence-electron chi connectivity index (χ4n) is 2.68. The van der Waals surface area contributed by atoms with E-state index in [0.29, 0.717) is 19.3 Å². The predicted octanol–water partition coefficient (Wildman–Crippen LogP) is -0.846. The number of carbonyl (C=O) groups is 1. The van der Waals surface area contributed by atoms with Crippen LogP contribution in [0.4, 0.5) is 0 Å². The molecule has 2 saturated heterocycles. The molecule has 0 spiro atoms. The summed E-state index contributed by atoms with van der Waals surface area (Å²) in [6.07, 6.45) is 0. The number of amides is 1. The highest BCUT2D eigenvalue weighted by Crippen LogP contribution is 2.11. The second kappa shape index (κ2) is 7.19. The van der Waals surface area contributed by atoms with E-state index in [1.807, 2.05) is 4.90 Å². The molecule has 0 saturated carbocycles. The van der Waals surface area contributed by atoms with Crippen LogP contribution in [0.1, 0.15) is 6.92 Å². The van der Waals surface area contributed by atoms with E-state index < -0.39 is 0 Å². The van der Waals surface area contributed by atoms with Gasteiger partial charge in [-0.25, -0.2) is 0 Å². The zero-order valence-electron chi connectivity index (χ0n) is 11.9. The molecule has 2 rings (SSSR count). The summed E-state index contributed by atoms with van der Waals surface area (Å²) in [6, 6.07) is 0.226. The van der Waals surface area contributed by atoms with Gasteiger partial charge in [0.15, 0.2) is 0 Å². The number of morpholine rings is 1. The Balaban J connectivity index is 1.81. The van der Waals surface area contributed by atoms with Crippen LogP contribution in [0.3, 0.4) is 0 Å². The van der Waals surface area contributed by atoms with Gasteiger partial charge >= 0.3 is 0 Å². The van der Waals surface area contributed by atoms with Gasteiger partial charge in [-0.2, -0.15) is 0 Å². The summed E-state index contributed by atoms with van der Waals surface area (Å²) in [5.41, 5.74) is 0. The van der Waals surface area contributed by atoms with Crippen molar-refractivity contribution < 1.29 is 14.3 Å². The highest BCUT2D eigenvalue weighted by Gasteiger charge is 2.31. The van der Waals surface area contributed by atoms with E-state index in [1.165, 1.54) is 0 Å². The highest BCUT2D eigenvalue weighted by molar-refractivity contribution is 5.82. The van der Waals surface area contributed by atoms with Gasteiger partial charge in [0.2, 0.25) is 5.91 Å². The van der Waals surface area contributed by atoms with Gasteiger partial charge in [-0.05, 0) is 6.92 Å². The standard InChI is InChI=1S/C13H25N3O3/c1-11-9-16(5-4-15(11)6-8-18-2)13(17)12-10-19-7-3-14-12/h11-12,14H,3-10H2,1-2H3. The molecule has 1 amide bonds. The number of hydrogen-bond acceptors (Lipinski definition) is 5. The monoisotopic (exact) mass is 271 g/mol. The van der Waals surface area contributed by atoms with E-state index in [2.05, 4.69) is 17.1 Å². The van der Waals surface area contributed by atoms with Crippen molar-refractivity contribution in [3.8, 4) is 0 Å². The average Bonchev–Trinajstić information content (AvgIpc) is 2.46. The molecule has 0 bridgehead atoms. The third-order valence-electron chi connectivity index (χ3n) is 3.88. The van der Waals surface area contributed by atoms with Crippen molar-refractivity contribution in [2.45, 2.75) is 19.0 Å². The molecule has 19 heavy (non-hydrogen) atoms. The molecular formula is C13H25N3O3. The van der Waals surface area contributed by atoms with Gasteiger partial charge in [-0.1, -0.05) is 0 Å². The molecule has 6 heteroatoms. The van der Waals surface area contributed by atoms with Crippen LogP contribution in [0.2, 0.25) is 0 Å². The van der Waals surface area contributed by atoms with E-state index in [1.54, 1.807) is 7.11 Å². The molecular weight excluding hydrogens is 246 g/mol. The summed E-state index contributed by atoms with van der Waals surface area (Å²) in [7, 11) is 1.72. The molecule has 0 radical (unpaired) electrons. The summed E-state index contributed by atoms with van der Waals surface area (Å²) in [4.78, 5) is 16.7.